The summed E-state index contributed by atoms with van der Waals surface area (Å²) in [5.74, 6) is 7.05. The Balaban J connectivity index is 2.61. The molecule has 0 fully saturated rings. The molecule has 0 radical (unpaired) electrons. The highest BCUT2D eigenvalue weighted by Gasteiger charge is 2.04. The van der Waals surface area contributed by atoms with Crippen molar-refractivity contribution < 1.29 is 0 Å². The smallest absolute Gasteiger partial charge is 0.0156 e. The average Bonchev–Trinajstić information content (AvgIpc) is 2.05. The lowest BCUT2D eigenvalue weighted by Gasteiger charge is -2.09. The van der Waals surface area contributed by atoms with Gasteiger partial charge in [-0.25, -0.2) is 0 Å². The van der Waals surface area contributed by atoms with Gasteiger partial charge in [0.2, 0.25) is 0 Å². The van der Waals surface area contributed by atoms with Crippen LogP contribution >= 0.6 is 0 Å². The minimum atomic E-state index is 0.733. The van der Waals surface area contributed by atoms with Crippen LogP contribution < -0.4 is 0 Å². The zero-order chi connectivity index (χ0) is 7.40. The Hall–Kier alpha value is -0.700. The molecular formula is C10H14. The third-order valence-corrected chi connectivity index (χ3v) is 1.96. The van der Waals surface area contributed by atoms with Gasteiger partial charge >= 0.3 is 0 Å². The molecule has 1 atom stereocenters. The summed E-state index contributed by atoms with van der Waals surface area (Å²) in [6.45, 7) is 4.39. The first-order valence-corrected chi connectivity index (χ1v) is 4.06. The summed E-state index contributed by atoms with van der Waals surface area (Å²) >= 11 is 0. The lowest BCUT2D eigenvalue weighted by molar-refractivity contribution is 0.639. The summed E-state index contributed by atoms with van der Waals surface area (Å²) in [4.78, 5) is 0. The first-order valence-electron chi connectivity index (χ1n) is 4.06. The van der Waals surface area contributed by atoms with E-state index in [1.165, 1.54) is 12.0 Å². The van der Waals surface area contributed by atoms with E-state index in [-0.39, 0.29) is 0 Å². The Bertz CT molecular complexity index is 188. The van der Waals surface area contributed by atoms with Crippen molar-refractivity contribution in [2.75, 3.05) is 0 Å². The number of hydrogen-bond donors (Lipinski definition) is 0. The maximum Gasteiger partial charge on any atom is 0.0156 e. The number of hydrogen-bond acceptors (Lipinski definition) is 0. The summed E-state index contributed by atoms with van der Waals surface area (Å²) in [5, 5.41) is 0. The summed E-state index contributed by atoms with van der Waals surface area (Å²) in [6.07, 6.45) is 5.73. The zero-order valence-corrected chi connectivity index (χ0v) is 6.78. The van der Waals surface area contributed by atoms with E-state index < -0.39 is 0 Å². The van der Waals surface area contributed by atoms with Crippen LogP contribution in [0.25, 0.3) is 0 Å². The van der Waals surface area contributed by atoms with Crippen LogP contribution in [0.2, 0.25) is 0 Å². The summed E-state index contributed by atoms with van der Waals surface area (Å²) in [5.41, 5.74) is 1.33. The molecule has 0 heteroatoms. The van der Waals surface area contributed by atoms with Gasteiger partial charge in [-0.1, -0.05) is 31.8 Å². The second-order valence-electron chi connectivity index (χ2n) is 2.72. The molecule has 0 aromatic heterocycles. The second kappa shape index (κ2) is 3.46. The van der Waals surface area contributed by atoms with Gasteiger partial charge in [0.1, 0.15) is 0 Å². The van der Waals surface area contributed by atoms with E-state index in [1.54, 1.807) is 0 Å². The average molecular weight is 134 g/mol. The largest absolute Gasteiger partial charge is 0.0976 e. The fraction of sp³-hybridized carbons (Fsp3) is 0.600. The standard InChI is InChI=1S/C10H14/c1-3-9-6-5-7-10(4-2)8-9/h8-9H,3-4,6H2,1-2H3. The molecule has 1 aliphatic rings. The monoisotopic (exact) mass is 134 g/mol. The molecule has 0 aromatic carbocycles. The topological polar surface area (TPSA) is 0 Å². The molecule has 0 nitrogen and oxygen atoms in total. The van der Waals surface area contributed by atoms with E-state index in [0.29, 0.717) is 0 Å². The predicted molar refractivity (Wildman–Crippen MR) is 44.5 cm³/mol. The lowest BCUT2D eigenvalue weighted by Crippen LogP contribution is -1.97. The molecule has 1 rings (SSSR count). The molecule has 0 spiro atoms. The van der Waals surface area contributed by atoms with Gasteiger partial charge in [-0.2, -0.15) is 0 Å². The van der Waals surface area contributed by atoms with E-state index in [4.69, 9.17) is 0 Å². The molecule has 0 saturated carbocycles. The fourth-order valence-corrected chi connectivity index (χ4v) is 1.15. The Morgan fingerprint density at radius 1 is 1.60 bits per heavy atom. The molecule has 0 saturated heterocycles. The van der Waals surface area contributed by atoms with Gasteiger partial charge in [-0.05, 0) is 24.3 Å². The van der Waals surface area contributed by atoms with Gasteiger partial charge in [0.25, 0.3) is 0 Å². The third kappa shape index (κ3) is 1.64. The Labute approximate surface area is 63.3 Å². The second-order valence-corrected chi connectivity index (χ2v) is 2.72. The van der Waals surface area contributed by atoms with Gasteiger partial charge in [0.15, 0.2) is 0 Å². The third-order valence-electron chi connectivity index (χ3n) is 1.96. The zero-order valence-electron chi connectivity index (χ0n) is 6.78. The van der Waals surface area contributed by atoms with E-state index in [0.717, 1.165) is 18.8 Å². The maximum atomic E-state index is 3.17. The van der Waals surface area contributed by atoms with Gasteiger partial charge in [0, 0.05) is 6.42 Å². The van der Waals surface area contributed by atoms with Crippen LogP contribution in [-0.4, -0.2) is 0 Å². The van der Waals surface area contributed by atoms with Crippen molar-refractivity contribution in [3.8, 4) is 11.8 Å². The lowest BCUT2D eigenvalue weighted by atomic mass is 9.95. The fourth-order valence-electron chi connectivity index (χ4n) is 1.15. The summed E-state index contributed by atoms with van der Waals surface area (Å²) < 4.78 is 0. The molecule has 0 heterocycles. The van der Waals surface area contributed by atoms with Crippen molar-refractivity contribution in [1.82, 2.24) is 0 Å². The Kier molecular flexibility index (Phi) is 2.57. The molecule has 54 valence electrons. The highest BCUT2D eigenvalue weighted by molar-refractivity contribution is 5.32. The van der Waals surface area contributed by atoms with Crippen molar-refractivity contribution in [2.45, 2.75) is 33.1 Å². The maximum absolute atomic E-state index is 3.17. The normalized spacial score (nSPS) is 23.0. The SMILES string of the molecule is CCC1=CC(CC)CC#C1. The first kappa shape index (κ1) is 7.41. The predicted octanol–water partition coefficient (Wildman–Crippen LogP) is 2.76. The molecule has 0 N–H and O–H groups in total. The molecule has 10 heavy (non-hydrogen) atoms. The molecular weight excluding hydrogens is 120 g/mol. The molecule has 0 amide bonds. The van der Waals surface area contributed by atoms with Crippen molar-refractivity contribution in [3.05, 3.63) is 11.6 Å². The molecule has 0 bridgehead atoms. The summed E-state index contributed by atoms with van der Waals surface area (Å²) in [6, 6.07) is 0. The first-order chi connectivity index (χ1) is 4.86. The van der Waals surface area contributed by atoms with E-state index in [9.17, 15) is 0 Å². The van der Waals surface area contributed by atoms with Gasteiger partial charge < -0.3 is 0 Å². The summed E-state index contributed by atoms with van der Waals surface area (Å²) in [7, 11) is 0. The van der Waals surface area contributed by atoms with E-state index in [1.807, 2.05) is 0 Å². The Morgan fingerprint density at radius 3 is 3.00 bits per heavy atom. The van der Waals surface area contributed by atoms with Crippen LogP contribution in [0, 0.1) is 17.8 Å². The highest BCUT2D eigenvalue weighted by atomic mass is 14.1. The molecule has 0 aliphatic heterocycles. The van der Waals surface area contributed by atoms with Crippen molar-refractivity contribution >= 4 is 0 Å². The van der Waals surface area contributed by atoms with Crippen molar-refractivity contribution in [2.24, 2.45) is 5.92 Å². The van der Waals surface area contributed by atoms with Crippen LogP contribution in [0.1, 0.15) is 33.1 Å². The van der Waals surface area contributed by atoms with E-state index >= 15 is 0 Å². The van der Waals surface area contributed by atoms with Crippen LogP contribution in [0.15, 0.2) is 11.6 Å². The Morgan fingerprint density at radius 2 is 2.40 bits per heavy atom. The number of allylic oxidation sites excluding steroid dienone is 2. The highest BCUT2D eigenvalue weighted by Crippen LogP contribution is 2.16. The van der Waals surface area contributed by atoms with Gasteiger partial charge in [0.05, 0.1) is 0 Å². The van der Waals surface area contributed by atoms with Crippen LogP contribution in [0.5, 0.6) is 0 Å². The van der Waals surface area contributed by atoms with E-state index in [2.05, 4.69) is 31.8 Å². The minimum Gasteiger partial charge on any atom is -0.0976 e. The van der Waals surface area contributed by atoms with Gasteiger partial charge in [-0.3, -0.25) is 0 Å². The molecule has 0 aromatic rings. The number of rotatable bonds is 2. The van der Waals surface area contributed by atoms with Crippen molar-refractivity contribution in [1.29, 1.82) is 0 Å². The minimum absolute atomic E-state index is 0.733. The van der Waals surface area contributed by atoms with Crippen molar-refractivity contribution in [3.63, 3.8) is 0 Å². The van der Waals surface area contributed by atoms with Crippen LogP contribution in [0.3, 0.4) is 0 Å². The van der Waals surface area contributed by atoms with Crippen LogP contribution in [0.4, 0.5) is 0 Å². The molecule has 1 aliphatic carbocycles. The quantitative estimate of drug-likeness (QED) is 0.509. The molecule has 1 unspecified atom stereocenters. The van der Waals surface area contributed by atoms with Crippen LogP contribution in [-0.2, 0) is 0 Å². The van der Waals surface area contributed by atoms with Gasteiger partial charge in [-0.15, -0.1) is 0 Å².